The predicted molar refractivity (Wildman–Crippen MR) is 119 cm³/mol. The van der Waals surface area contributed by atoms with Crippen LogP contribution in [0.5, 0.6) is 0 Å². The third-order valence-electron chi connectivity index (χ3n) is 5.06. The lowest BCUT2D eigenvalue weighted by atomic mass is 10.0. The maximum atomic E-state index is 12.2. The second-order valence-corrected chi connectivity index (χ2v) is 9.03. The molecule has 0 aliphatic carbocycles. The number of pyridine rings is 1. The van der Waals surface area contributed by atoms with Gasteiger partial charge in [0.25, 0.3) is 0 Å². The van der Waals surface area contributed by atoms with Gasteiger partial charge in [0.15, 0.2) is 5.96 Å². The number of piperidine rings is 1. The van der Waals surface area contributed by atoms with Crippen molar-refractivity contribution >= 4 is 16.0 Å². The number of nitrogens with zero attached hydrogens (tertiary/aromatic N) is 3. The maximum absolute atomic E-state index is 12.2. The van der Waals surface area contributed by atoms with E-state index in [0.717, 1.165) is 32.5 Å². The van der Waals surface area contributed by atoms with Crippen LogP contribution in [-0.2, 0) is 16.6 Å². The molecule has 0 atom stereocenters. The molecule has 30 heavy (non-hydrogen) atoms. The van der Waals surface area contributed by atoms with Crippen LogP contribution < -0.4 is 15.4 Å². The molecule has 162 valence electrons. The summed E-state index contributed by atoms with van der Waals surface area (Å²) in [5, 5.41) is 6.62. The van der Waals surface area contributed by atoms with E-state index in [1.807, 2.05) is 6.07 Å². The van der Waals surface area contributed by atoms with Crippen LogP contribution in [0.3, 0.4) is 0 Å². The molecular weight excluding hydrogens is 400 g/mol. The van der Waals surface area contributed by atoms with E-state index in [4.69, 9.17) is 0 Å². The summed E-state index contributed by atoms with van der Waals surface area (Å²) in [7, 11) is -1.82. The van der Waals surface area contributed by atoms with Crippen molar-refractivity contribution in [3.63, 3.8) is 0 Å². The van der Waals surface area contributed by atoms with Crippen molar-refractivity contribution in [2.24, 2.45) is 4.99 Å². The van der Waals surface area contributed by atoms with E-state index in [0.29, 0.717) is 18.5 Å². The summed E-state index contributed by atoms with van der Waals surface area (Å²) in [6.45, 7) is 3.75. The van der Waals surface area contributed by atoms with E-state index in [-0.39, 0.29) is 11.4 Å². The molecule has 2 aromatic rings. The molecule has 1 fully saturated rings. The van der Waals surface area contributed by atoms with Crippen LogP contribution in [0.15, 0.2) is 64.7 Å². The lowest BCUT2D eigenvalue weighted by Gasteiger charge is -2.33. The first kappa shape index (κ1) is 22.2. The summed E-state index contributed by atoms with van der Waals surface area (Å²) >= 11 is 0. The zero-order chi connectivity index (χ0) is 21.2. The standard InChI is InChI=1S/C21H30N6O2S/c1-22-21(24-12-13-25-30(28,29)20-8-5-11-23-16-20)26-19-9-14-27(15-10-19)17-18-6-3-2-4-7-18/h2-8,11,16,19,25H,9-10,12-15,17H2,1H3,(H2,22,24,26). The zero-order valence-corrected chi connectivity index (χ0v) is 18.1. The van der Waals surface area contributed by atoms with E-state index in [1.165, 1.54) is 17.8 Å². The molecule has 0 radical (unpaired) electrons. The molecule has 1 saturated heterocycles. The van der Waals surface area contributed by atoms with Crippen molar-refractivity contribution in [1.29, 1.82) is 0 Å². The molecule has 1 aromatic carbocycles. The highest BCUT2D eigenvalue weighted by Gasteiger charge is 2.20. The first-order chi connectivity index (χ1) is 14.6. The topological polar surface area (TPSA) is 98.7 Å². The quantitative estimate of drug-likeness (QED) is 0.331. The zero-order valence-electron chi connectivity index (χ0n) is 17.3. The van der Waals surface area contributed by atoms with Gasteiger partial charge in [-0.05, 0) is 30.5 Å². The molecule has 9 heteroatoms. The molecule has 0 spiro atoms. The Bertz CT molecular complexity index is 898. The maximum Gasteiger partial charge on any atom is 0.242 e. The SMILES string of the molecule is CN=C(NCCNS(=O)(=O)c1cccnc1)NC1CCN(Cc2ccccc2)CC1. The second-order valence-electron chi connectivity index (χ2n) is 7.27. The Kier molecular flexibility index (Phi) is 8.18. The molecule has 3 rings (SSSR count). The second kappa shape index (κ2) is 11.1. The van der Waals surface area contributed by atoms with Gasteiger partial charge in [0, 0.05) is 58.2 Å². The first-order valence-corrected chi connectivity index (χ1v) is 11.7. The lowest BCUT2D eigenvalue weighted by molar-refractivity contribution is 0.198. The third kappa shape index (κ3) is 6.79. The molecule has 0 amide bonds. The highest BCUT2D eigenvalue weighted by molar-refractivity contribution is 7.89. The first-order valence-electron chi connectivity index (χ1n) is 10.2. The molecule has 1 aromatic heterocycles. The van der Waals surface area contributed by atoms with Gasteiger partial charge in [0.2, 0.25) is 10.0 Å². The number of benzene rings is 1. The predicted octanol–water partition coefficient (Wildman–Crippen LogP) is 1.19. The number of aromatic nitrogens is 1. The molecule has 1 aliphatic rings. The van der Waals surface area contributed by atoms with Gasteiger partial charge in [-0.3, -0.25) is 14.9 Å². The number of likely N-dealkylation sites (tertiary alicyclic amines) is 1. The number of guanidine groups is 1. The molecular formula is C21H30N6O2S. The summed E-state index contributed by atoms with van der Waals surface area (Å²) in [6, 6.07) is 14.0. The summed E-state index contributed by atoms with van der Waals surface area (Å²) in [5.74, 6) is 0.692. The Morgan fingerprint density at radius 3 is 2.57 bits per heavy atom. The van der Waals surface area contributed by atoms with Gasteiger partial charge in [0.1, 0.15) is 4.90 Å². The van der Waals surface area contributed by atoms with Crippen LogP contribution in [0, 0.1) is 0 Å². The summed E-state index contributed by atoms with van der Waals surface area (Å²) in [4.78, 5) is 10.7. The van der Waals surface area contributed by atoms with Gasteiger partial charge >= 0.3 is 0 Å². The van der Waals surface area contributed by atoms with Gasteiger partial charge in [-0.15, -0.1) is 0 Å². The Balaban J connectivity index is 1.36. The smallest absolute Gasteiger partial charge is 0.242 e. The lowest BCUT2D eigenvalue weighted by Crippen LogP contribution is -2.49. The van der Waals surface area contributed by atoms with Crippen molar-refractivity contribution in [3.05, 3.63) is 60.4 Å². The van der Waals surface area contributed by atoms with Crippen molar-refractivity contribution in [3.8, 4) is 0 Å². The van der Waals surface area contributed by atoms with E-state index >= 15 is 0 Å². The number of sulfonamides is 1. The largest absolute Gasteiger partial charge is 0.355 e. The van der Waals surface area contributed by atoms with Gasteiger partial charge in [-0.25, -0.2) is 13.1 Å². The van der Waals surface area contributed by atoms with E-state index in [9.17, 15) is 8.42 Å². The fourth-order valence-corrected chi connectivity index (χ4v) is 4.42. The van der Waals surface area contributed by atoms with Gasteiger partial charge in [-0.1, -0.05) is 30.3 Å². The minimum absolute atomic E-state index is 0.162. The van der Waals surface area contributed by atoms with Crippen molar-refractivity contribution in [2.75, 3.05) is 33.2 Å². The molecule has 2 heterocycles. The third-order valence-corrected chi connectivity index (χ3v) is 6.50. The summed E-state index contributed by atoms with van der Waals surface area (Å²) in [6.07, 6.45) is 4.96. The van der Waals surface area contributed by atoms with Crippen LogP contribution in [-0.4, -0.2) is 63.5 Å². The number of nitrogens with one attached hydrogen (secondary N) is 3. The highest BCUT2D eigenvalue weighted by Crippen LogP contribution is 2.13. The van der Waals surface area contributed by atoms with E-state index < -0.39 is 10.0 Å². The molecule has 1 aliphatic heterocycles. The van der Waals surface area contributed by atoms with E-state index in [1.54, 1.807) is 19.3 Å². The monoisotopic (exact) mass is 430 g/mol. The minimum Gasteiger partial charge on any atom is -0.355 e. The fourth-order valence-electron chi connectivity index (χ4n) is 3.42. The minimum atomic E-state index is -3.54. The fraction of sp³-hybridized carbons (Fsp3) is 0.429. The Labute approximate surface area is 178 Å². The van der Waals surface area contributed by atoms with Gasteiger partial charge in [0.05, 0.1) is 0 Å². The van der Waals surface area contributed by atoms with Crippen LogP contribution in [0.2, 0.25) is 0 Å². The van der Waals surface area contributed by atoms with E-state index in [2.05, 4.69) is 54.5 Å². The average molecular weight is 431 g/mol. The highest BCUT2D eigenvalue weighted by atomic mass is 32.2. The Hall–Kier alpha value is -2.49. The van der Waals surface area contributed by atoms with Crippen LogP contribution in [0.4, 0.5) is 0 Å². The molecule has 0 unspecified atom stereocenters. The van der Waals surface area contributed by atoms with Crippen LogP contribution >= 0.6 is 0 Å². The molecule has 0 bridgehead atoms. The van der Waals surface area contributed by atoms with Crippen molar-refractivity contribution in [1.82, 2.24) is 25.2 Å². The summed E-state index contributed by atoms with van der Waals surface area (Å²) < 4.78 is 27.0. The average Bonchev–Trinajstić information content (AvgIpc) is 2.78. The van der Waals surface area contributed by atoms with Crippen LogP contribution in [0.1, 0.15) is 18.4 Å². The van der Waals surface area contributed by atoms with Gasteiger partial charge in [-0.2, -0.15) is 0 Å². The molecule has 0 saturated carbocycles. The Morgan fingerprint density at radius 2 is 1.90 bits per heavy atom. The summed E-state index contributed by atoms with van der Waals surface area (Å²) in [5.41, 5.74) is 1.34. The van der Waals surface area contributed by atoms with Gasteiger partial charge < -0.3 is 10.6 Å². The Morgan fingerprint density at radius 1 is 1.13 bits per heavy atom. The number of rotatable bonds is 8. The molecule has 3 N–H and O–H groups in total. The normalized spacial score (nSPS) is 16.4. The molecule has 8 nitrogen and oxygen atoms in total. The van der Waals surface area contributed by atoms with Crippen molar-refractivity contribution in [2.45, 2.75) is 30.3 Å². The van der Waals surface area contributed by atoms with Crippen LogP contribution in [0.25, 0.3) is 0 Å². The van der Waals surface area contributed by atoms with Crippen molar-refractivity contribution < 1.29 is 8.42 Å². The number of hydrogen-bond donors (Lipinski definition) is 3. The number of hydrogen-bond acceptors (Lipinski definition) is 5. The number of aliphatic imine (C=N–C) groups is 1.